The molecule has 0 amide bonds. The number of aliphatic carboxylic acids is 1. The first kappa shape index (κ1) is 16.0. The minimum Gasteiger partial charge on any atom is -0.481 e. The van der Waals surface area contributed by atoms with E-state index in [1.165, 1.54) is 0 Å². The maximum absolute atomic E-state index is 12.4. The van der Waals surface area contributed by atoms with Gasteiger partial charge < -0.3 is 5.11 Å². The van der Waals surface area contributed by atoms with Crippen LogP contribution in [0.2, 0.25) is 0 Å². The van der Waals surface area contributed by atoms with Crippen LogP contribution in [0.5, 0.6) is 0 Å². The summed E-state index contributed by atoms with van der Waals surface area (Å²) in [7, 11) is -3.90. The Morgan fingerprint density at radius 1 is 1.40 bits per heavy atom. The van der Waals surface area contributed by atoms with E-state index in [0.717, 1.165) is 4.31 Å². The number of hydrogen-bond acceptors (Lipinski definition) is 4. The zero-order valence-corrected chi connectivity index (χ0v) is 11.9. The summed E-state index contributed by atoms with van der Waals surface area (Å²) in [5.74, 6) is -1.09. The molecule has 1 aromatic carbocycles. The summed E-state index contributed by atoms with van der Waals surface area (Å²) in [5, 5.41) is 16.5. The van der Waals surface area contributed by atoms with Crippen molar-refractivity contribution >= 4 is 21.7 Å². The molecular weight excluding hydrogens is 280 g/mol. The largest absolute Gasteiger partial charge is 0.481 e. The van der Waals surface area contributed by atoms with Crippen LogP contribution in [0.3, 0.4) is 0 Å². The molecule has 0 spiro atoms. The quantitative estimate of drug-likeness (QED) is 0.824. The van der Waals surface area contributed by atoms with Crippen LogP contribution in [-0.4, -0.2) is 31.3 Å². The second kappa shape index (κ2) is 6.91. The van der Waals surface area contributed by atoms with Gasteiger partial charge in [-0.25, -0.2) is 8.42 Å². The first-order valence-electron chi connectivity index (χ1n) is 6.11. The predicted molar refractivity (Wildman–Crippen MR) is 74.7 cm³/mol. The second-order valence-electron chi connectivity index (χ2n) is 4.12. The van der Waals surface area contributed by atoms with E-state index in [-0.39, 0.29) is 19.4 Å². The van der Waals surface area contributed by atoms with Gasteiger partial charge in [-0.2, -0.15) is 5.26 Å². The van der Waals surface area contributed by atoms with Gasteiger partial charge in [-0.3, -0.25) is 9.10 Å². The van der Waals surface area contributed by atoms with Gasteiger partial charge in [0.2, 0.25) is 0 Å². The fourth-order valence-electron chi connectivity index (χ4n) is 1.72. The Kier molecular flexibility index (Phi) is 5.53. The third kappa shape index (κ3) is 3.71. The average molecular weight is 296 g/mol. The molecule has 20 heavy (non-hydrogen) atoms. The highest BCUT2D eigenvalue weighted by Crippen LogP contribution is 2.22. The summed E-state index contributed by atoms with van der Waals surface area (Å²) in [6, 6.07) is 9.95. The first-order valence-corrected chi connectivity index (χ1v) is 7.61. The van der Waals surface area contributed by atoms with Crippen molar-refractivity contribution in [2.24, 2.45) is 0 Å². The minimum absolute atomic E-state index is 0.148. The number of nitrogens with zero attached hydrogens (tertiary/aromatic N) is 2. The molecule has 0 aliphatic carbocycles. The van der Waals surface area contributed by atoms with Crippen LogP contribution >= 0.6 is 0 Å². The molecule has 0 aromatic heterocycles. The van der Waals surface area contributed by atoms with Gasteiger partial charge in [0.25, 0.3) is 10.0 Å². The molecule has 108 valence electrons. The number of benzene rings is 1. The standard InChI is InChI=1S/C13H16N2O4S/c1-2-12(10-14)20(18,19)15(9-8-13(16)17)11-6-4-3-5-7-11/h3-7,12H,2,8-9H2,1H3,(H,16,17). The Morgan fingerprint density at radius 2 is 2.00 bits per heavy atom. The molecule has 1 aromatic rings. The fourth-order valence-corrected chi connectivity index (χ4v) is 3.34. The van der Waals surface area contributed by atoms with Crippen molar-refractivity contribution in [2.45, 2.75) is 25.0 Å². The Balaban J connectivity index is 3.18. The van der Waals surface area contributed by atoms with Crippen LogP contribution in [0, 0.1) is 11.3 Å². The minimum atomic E-state index is -3.90. The van der Waals surface area contributed by atoms with E-state index in [9.17, 15) is 13.2 Å². The number of nitriles is 1. The SMILES string of the molecule is CCC(C#N)S(=O)(=O)N(CCC(=O)O)c1ccccc1. The van der Waals surface area contributed by atoms with Crippen LogP contribution in [0.1, 0.15) is 19.8 Å². The molecule has 0 heterocycles. The number of anilines is 1. The summed E-state index contributed by atoms with van der Waals surface area (Å²) >= 11 is 0. The van der Waals surface area contributed by atoms with Crippen LogP contribution in [0.25, 0.3) is 0 Å². The fraction of sp³-hybridized carbons (Fsp3) is 0.385. The highest BCUT2D eigenvalue weighted by Gasteiger charge is 2.31. The molecule has 0 bridgehead atoms. The highest BCUT2D eigenvalue weighted by molar-refractivity contribution is 7.93. The van der Waals surface area contributed by atoms with Gasteiger partial charge in [0.15, 0.2) is 5.25 Å². The number of sulfonamides is 1. The molecule has 1 rings (SSSR count). The normalized spacial score (nSPS) is 12.4. The van der Waals surface area contributed by atoms with Crippen molar-refractivity contribution in [2.75, 3.05) is 10.8 Å². The van der Waals surface area contributed by atoms with Crippen molar-refractivity contribution in [3.8, 4) is 6.07 Å². The zero-order chi connectivity index (χ0) is 15.2. The summed E-state index contributed by atoms with van der Waals surface area (Å²) in [6.45, 7) is 1.41. The number of para-hydroxylation sites is 1. The summed E-state index contributed by atoms with van der Waals surface area (Å²) in [5.41, 5.74) is 0.363. The number of carboxylic acids is 1. The Morgan fingerprint density at radius 3 is 2.45 bits per heavy atom. The number of rotatable bonds is 7. The smallest absolute Gasteiger partial charge is 0.305 e. The Hall–Kier alpha value is -2.07. The lowest BCUT2D eigenvalue weighted by molar-refractivity contribution is -0.136. The van der Waals surface area contributed by atoms with Gasteiger partial charge in [-0.15, -0.1) is 0 Å². The lowest BCUT2D eigenvalue weighted by atomic mass is 10.3. The Labute approximate surface area is 118 Å². The molecular formula is C13H16N2O4S. The lowest BCUT2D eigenvalue weighted by Gasteiger charge is -2.25. The van der Waals surface area contributed by atoms with Gasteiger partial charge in [-0.1, -0.05) is 25.1 Å². The molecule has 0 radical (unpaired) electrons. The number of hydrogen-bond donors (Lipinski definition) is 1. The topological polar surface area (TPSA) is 98.5 Å². The monoisotopic (exact) mass is 296 g/mol. The zero-order valence-electron chi connectivity index (χ0n) is 11.1. The van der Waals surface area contributed by atoms with Crippen molar-refractivity contribution < 1.29 is 18.3 Å². The lowest BCUT2D eigenvalue weighted by Crippen LogP contribution is -2.39. The van der Waals surface area contributed by atoms with E-state index in [1.807, 2.05) is 0 Å². The predicted octanol–water partition coefficient (Wildman–Crippen LogP) is 1.60. The molecule has 1 N–H and O–H groups in total. The van der Waals surface area contributed by atoms with Crippen molar-refractivity contribution in [3.63, 3.8) is 0 Å². The summed E-state index contributed by atoms with van der Waals surface area (Å²) < 4.78 is 25.8. The molecule has 6 nitrogen and oxygen atoms in total. The van der Waals surface area contributed by atoms with Crippen LogP contribution in [0.4, 0.5) is 5.69 Å². The van der Waals surface area contributed by atoms with Gasteiger partial charge in [0.05, 0.1) is 18.2 Å². The molecule has 0 aliphatic rings. The maximum atomic E-state index is 12.4. The first-order chi connectivity index (χ1) is 9.43. The average Bonchev–Trinajstić information content (AvgIpc) is 2.40. The second-order valence-corrected chi connectivity index (χ2v) is 6.16. The summed E-state index contributed by atoms with van der Waals surface area (Å²) in [6.07, 6.45) is -0.175. The van der Waals surface area contributed by atoms with Crippen LogP contribution in [0.15, 0.2) is 30.3 Å². The molecule has 0 aliphatic heterocycles. The number of carbonyl (C=O) groups is 1. The van der Waals surface area contributed by atoms with Crippen LogP contribution in [-0.2, 0) is 14.8 Å². The van der Waals surface area contributed by atoms with Crippen molar-refractivity contribution in [1.82, 2.24) is 0 Å². The van der Waals surface area contributed by atoms with E-state index in [1.54, 1.807) is 43.3 Å². The molecule has 7 heteroatoms. The van der Waals surface area contributed by atoms with Crippen LogP contribution < -0.4 is 4.31 Å². The molecule has 0 fully saturated rings. The van der Waals surface area contributed by atoms with E-state index >= 15 is 0 Å². The van der Waals surface area contributed by atoms with E-state index < -0.39 is 21.2 Å². The van der Waals surface area contributed by atoms with Crippen molar-refractivity contribution in [1.29, 1.82) is 5.26 Å². The van der Waals surface area contributed by atoms with E-state index in [2.05, 4.69) is 0 Å². The van der Waals surface area contributed by atoms with Gasteiger partial charge in [-0.05, 0) is 18.6 Å². The third-order valence-corrected chi connectivity index (χ3v) is 4.92. The van der Waals surface area contributed by atoms with E-state index in [0.29, 0.717) is 5.69 Å². The van der Waals surface area contributed by atoms with Gasteiger partial charge >= 0.3 is 5.97 Å². The molecule has 1 unspecified atom stereocenters. The summed E-state index contributed by atoms with van der Waals surface area (Å²) in [4.78, 5) is 10.7. The van der Waals surface area contributed by atoms with Gasteiger partial charge in [0, 0.05) is 6.54 Å². The van der Waals surface area contributed by atoms with E-state index in [4.69, 9.17) is 10.4 Å². The number of carboxylic acid groups (broad SMARTS) is 1. The van der Waals surface area contributed by atoms with Gasteiger partial charge in [0.1, 0.15) is 0 Å². The molecule has 1 atom stereocenters. The third-order valence-electron chi connectivity index (χ3n) is 2.75. The molecule has 0 saturated heterocycles. The van der Waals surface area contributed by atoms with Crippen molar-refractivity contribution in [3.05, 3.63) is 30.3 Å². The Bertz CT molecular complexity index is 593. The highest BCUT2D eigenvalue weighted by atomic mass is 32.2. The maximum Gasteiger partial charge on any atom is 0.305 e. The molecule has 0 saturated carbocycles.